The zero-order valence-electron chi connectivity index (χ0n) is 18.4. The number of unbranched alkanes of at least 4 members (excludes halogenated alkanes) is 3. The van der Waals surface area contributed by atoms with E-state index in [-0.39, 0.29) is 5.60 Å². The first-order valence-corrected chi connectivity index (χ1v) is 11.6. The maximum atomic E-state index is 5.79. The van der Waals surface area contributed by atoms with Crippen molar-refractivity contribution in [1.82, 2.24) is 0 Å². The lowest BCUT2D eigenvalue weighted by molar-refractivity contribution is -0.00473. The normalized spacial score (nSPS) is 23.6. The van der Waals surface area contributed by atoms with Gasteiger partial charge in [0.05, 0.1) is 5.60 Å². The molecule has 154 valence electrons. The van der Waals surface area contributed by atoms with E-state index in [1.54, 1.807) is 16.7 Å². The molecule has 3 rings (SSSR count). The van der Waals surface area contributed by atoms with Crippen molar-refractivity contribution in [3.8, 4) is 0 Å². The van der Waals surface area contributed by atoms with Gasteiger partial charge in [-0.3, -0.25) is 0 Å². The van der Waals surface area contributed by atoms with Crippen LogP contribution in [0.5, 0.6) is 0 Å². The fraction of sp³-hybridized carbons (Fsp3) is 0.630. The predicted molar refractivity (Wildman–Crippen MR) is 121 cm³/mol. The monoisotopic (exact) mass is 380 g/mol. The van der Waals surface area contributed by atoms with E-state index in [1.807, 2.05) is 0 Å². The van der Waals surface area contributed by atoms with Gasteiger partial charge in [0, 0.05) is 12.5 Å². The van der Waals surface area contributed by atoms with Crippen LogP contribution in [0.3, 0.4) is 0 Å². The first-order valence-electron chi connectivity index (χ1n) is 11.6. The molecule has 0 aromatic carbocycles. The third-order valence-electron chi connectivity index (χ3n) is 6.11. The zero-order valence-corrected chi connectivity index (χ0v) is 18.4. The smallest absolute Gasteiger partial charge is 0.0598 e. The second kappa shape index (κ2) is 10.4. The van der Waals surface area contributed by atoms with Crippen molar-refractivity contribution in [3.63, 3.8) is 0 Å². The molecule has 1 heteroatoms. The van der Waals surface area contributed by atoms with E-state index in [9.17, 15) is 0 Å². The molecule has 0 amide bonds. The lowest BCUT2D eigenvalue weighted by Gasteiger charge is -2.19. The summed E-state index contributed by atoms with van der Waals surface area (Å²) in [5.41, 5.74) is 4.78. The molecule has 0 saturated carbocycles. The van der Waals surface area contributed by atoms with Gasteiger partial charge in [-0.2, -0.15) is 0 Å². The lowest BCUT2D eigenvalue weighted by Crippen LogP contribution is -2.19. The molecule has 0 aromatic rings. The topological polar surface area (TPSA) is 9.23 Å². The summed E-state index contributed by atoms with van der Waals surface area (Å²) < 4.78 is 5.79. The quantitative estimate of drug-likeness (QED) is 0.331. The van der Waals surface area contributed by atoms with Gasteiger partial charge >= 0.3 is 0 Å². The van der Waals surface area contributed by atoms with Crippen molar-refractivity contribution in [2.45, 2.75) is 90.6 Å². The van der Waals surface area contributed by atoms with E-state index in [4.69, 9.17) is 4.74 Å². The first-order chi connectivity index (χ1) is 13.5. The summed E-state index contributed by atoms with van der Waals surface area (Å²) >= 11 is 0. The highest BCUT2D eigenvalue weighted by Crippen LogP contribution is 2.36. The van der Waals surface area contributed by atoms with Gasteiger partial charge in [0.2, 0.25) is 0 Å². The molecule has 0 fully saturated rings. The van der Waals surface area contributed by atoms with Crippen molar-refractivity contribution in [2.24, 2.45) is 11.8 Å². The standard InChI is InChI=1S/C27H40O/c1-27(2,3)28-20-9-5-4-6-11-22-16-17-23(21-22)12-10-14-25-19-18-24-13-7-8-15-26(24)25/h8,15-19,21,23,25H,4-7,9-14,20H2,1-3H3. The summed E-state index contributed by atoms with van der Waals surface area (Å²) in [5, 5.41) is 0. The molecule has 28 heavy (non-hydrogen) atoms. The van der Waals surface area contributed by atoms with E-state index < -0.39 is 0 Å². The van der Waals surface area contributed by atoms with Crippen molar-refractivity contribution >= 4 is 0 Å². The van der Waals surface area contributed by atoms with Crippen LogP contribution >= 0.6 is 0 Å². The molecule has 0 aromatic heterocycles. The Morgan fingerprint density at radius 2 is 1.79 bits per heavy atom. The average Bonchev–Trinajstić information content (AvgIpc) is 3.27. The predicted octanol–water partition coefficient (Wildman–Crippen LogP) is 7.87. The summed E-state index contributed by atoms with van der Waals surface area (Å²) in [6.45, 7) is 7.30. The third-order valence-corrected chi connectivity index (χ3v) is 6.11. The minimum absolute atomic E-state index is 0.00878. The molecule has 3 aliphatic carbocycles. The Morgan fingerprint density at radius 3 is 2.64 bits per heavy atom. The second-order valence-electron chi connectivity index (χ2n) is 9.71. The molecule has 0 bridgehead atoms. The van der Waals surface area contributed by atoms with Crippen molar-refractivity contribution in [3.05, 3.63) is 59.3 Å². The Labute approximate surface area is 173 Å². The summed E-state index contributed by atoms with van der Waals surface area (Å²) in [6.07, 6.45) is 29.7. The lowest BCUT2D eigenvalue weighted by atomic mass is 9.89. The molecule has 3 aliphatic rings. The first kappa shape index (κ1) is 21.4. The van der Waals surface area contributed by atoms with Gasteiger partial charge in [0.25, 0.3) is 0 Å². The highest BCUT2D eigenvalue weighted by atomic mass is 16.5. The Morgan fingerprint density at radius 1 is 0.929 bits per heavy atom. The zero-order chi connectivity index (χ0) is 19.8. The fourth-order valence-corrected chi connectivity index (χ4v) is 4.55. The molecule has 0 spiro atoms. The van der Waals surface area contributed by atoms with Crippen LogP contribution in [0.4, 0.5) is 0 Å². The second-order valence-corrected chi connectivity index (χ2v) is 9.71. The van der Waals surface area contributed by atoms with E-state index in [0.717, 1.165) is 6.61 Å². The van der Waals surface area contributed by atoms with E-state index in [2.05, 4.69) is 63.3 Å². The maximum absolute atomic E-state index is 5.79. The van der Waals surface area contributed by atoms with Crippen LogP contribution in [0.2, 0.25) is 0 Å². The molecule has 0 N–H and O–H groups in total. The number of hydrogen-bond donors (Lipinski definition) is 0. The maximum Gasteiger partial charge on any atom is 0.0598 e. The highest BCUT2D eigenvalue weighted by Gasteiger charge is 2.20. The van der Waals surface area contributed by atoms with Gasteiger partial charge in [-0.25, -0.2) is 0 Å². The number of ether oxygens (including phenoxy) is 1. The Bertz CT molecular complexity index is 650. The number of allylic oxidation sites excluding steroid dienone is 10. The molecular weight excluding hydrogens is 340 g/mol. The Kier molecular flexibility index (Phi) is 7.97. The van der Waals surface area contributed by atoms with E-state index in [1.165, 1.54) is 64.2 Å². The van der Waals surface area contributed by atoms with Crippen LogP contribution in [0.25, 0.3) is 0 Å². The average molecular weight is 381 g/mol. The Balaban J connectivity index is 1.25. The van der Waals surface area contributed by atoms with Crippen molar-refractivity contribution in [2.75, 3.05) is 6.61 Å². The Hall–Kier alpha value is -1.34. The number of rotatable bonds is 11. The minimum Gasteiger partial charge on any atom is -0.376 e. The van der Waals surface area contributed by atoms with Crippen LogP contribution in [0, 0.1) is 11.8 Å². The summed E-state index contributed by atoms with van der Waals surface area (Å²) in [7, 11) is 0. The third kappa shape index (κ3) is 6.92. The molecule has 0 saturated heterocycles. The highest BCUT2D eigenvalue weighted by molar-refractivity contribution is 5.45. The van der Waals surface area contributed by atoms with Gasteiger partial charge in [0.1, 0.15) is 0 Å². The van der Waals surface area contributed by atoms with E-state index >= 15 is 0 Å². The van der Waals surface area contributed by atoms with Gasteiger partial charge in [0.15, 0.2) is 0 Å². The molecule has 2 atom stereocenters. The van der Waals surface area contributed by atoms with Crippen LogP contribution in [0.1, 0.15) is 85.0 Å². The van der Waals surface area contributed by atoms with Crippen molar-refractivity contribution < 1.29 is 4.74 Å². The summed E-state index contributed by atoms with van der Waals surface area (Å²) in [4.78, 5) is 0. The van der Waals surface area contributed by atoms with Crippen LogP contribution in [-0.2, 0) is 4.74 Å². The van der Waals surface area contributed by atoms with Crippen LogP contribution in [0.15, 0.2) is 59.3 Å². The van der Waals surface area contributed by atoms with Gasteiger partial charge in [-0.05, 0) is 82.8 Å². The van der Waals surface area contributed by atoms with Crippen LogP contribution in [-0.4, -0.2) is 12.2 Å². The van der Waals surface area contributed by atoms with E-state index in [0.29, 0.717) is 11.8 Å². The minimum atomic E-state index is 0.00878. The van der Waals surface area contributed by atoms with Gasteiger partial charge < -0.3 is 4.74 Å². The van der Waals surface area contributed by atoms with Gasteiger partial charge in [-0.15, -0.1) is 0 Å². The molecular formula is C27H40O. The molecule has 0 radical (unpaired) electrons. The van der Waals surface area contributed by atoms with Crippen molar-refractivity contribution in [1.29, 1.82) is 0 Å². The SMILES string of the molecule is CC(C)(C)OCCCCCCC1=CC(CCCC2C=CC3=C2C=CCC3)C=C1. The molecule has 0 heterocycles. The van der Waals surface area contributed by atoms with Crippen LogP contribution < -0.4 is 0 Å². The molecule has 2 unspecified atom stereocenters. The molecule has 1 nitrogen and oxygen atoms in total. The largest absolute Gasteiger partial charge is 0.376 e. The fourth-order valence-electron chi connectivity index (χ4n) is 4.55. The summed E-state index contributed by atoms with van der Waals surface area (Å²) in [6, 6.07) is 0. The number of hydrogen-bond acceptors (Lipinski definition) is 1. The molecule has 0 aliphatic heterocycles. The van der Waals surface area contributed by atoms with Gasteiger partial charge in [-0.1, -0.05) is 67.4 Å². The summed E-state index contributed by atoms with van der Waals surface area (Å²) in [5.74, 6) is 1.36.